The highest BCUT2D eigenvalue weighted by atomic mass is 32.2. The van der Waals surface area contributed by atoms with E-state index in [4.69, 9.17) is 9.40 Å². The number of thiazole rings is 1. The average Bonchev–Trinajstić information content (AvgIpc) is 3.56. The molecule has 2 aromatic carbocycles. The van der Waals surface area contributed by atoms with Gasteiger partial charge >= 0.3 is 0 Å². The van der Waals surface area contributed by atoms with Gasteiger partial charge in [-0.05, 0) is 24.3 Å². The van der Waals surface area contributed by atoms with Crippen LogP contribution in [0.15, 0.2) is 99.9 Å². The number of rotatable bonds is 8. The fourth-order valence-corrected chi connectivity index (χ4v) is 5.93. The monoisotopic (exact) mass is 463 g/mol. The van der Waals surface area contributed by atoms with Crippen molar-refractivity contribution >= 4 is 26.3 Å². The van der Waals surface area contributed by atoms with Gasteiger partial charge < -0.3 is 4.42 Å². The van der Waals surface area contributed by atoms with Crippen LogP contribution in [0.2, 0.25) is 0 Å². The standard InChI is InChI=1S/C24H21N3O3S2/c28-32(29,22-11-5-2-6-12-22)26(16-21-10-7-15-30-21)14-13-20-18-31-24-25-23(17-27(20)24)19-8-3-1-4-9-19/h1-12,15,17-18H,13-14,16H2. The fourth-order valence-electron chi connectivity index (χ4n) is 3.60. The molecule has 0 atom stereocenters. The second-order valence-corrected chi connectivity index (χ2v) is 10.1. The highest BCUT2D eigenvalue weighted by Crippen LogP contribution is 2.25. The quantitative estimate of drug-likeness (QED) is 0.321. The van der Waals surface area contributed by atoms with E-state index in [0.717, 1.165) is 21.9 Å². The molecular weight excluding hydrogens is 442 g/mol. The highest BCUT2D eigenvalue weighted by molar-refractivity contribution is 7.89. The molecule has 0 saturated heterocycles. The summed E-state index contributed by atoms with van der Waals surface area (Å²) in [6.45, 7) is 0.499. The number of benzene rings is 2. The number of furan rings is 1. The minimum atomic E-state index is -3.67. The first-order chi connectivity index (χ1) is 15.6. The van der Waals surface area contributed by atoms with Gasteiger partial charge in [0, 0.05) is 35.8 Å². The van der Waals surface area contributed by atoms with Crippen molar-refractivity contribution in [3.8, 4) is 11.3 Å². The van der Waals surface area contributed by atoms with E-state index in [0.29, 0.717) is 18.7 Å². The molecule has 0 saturated carbocycles. The van der Waals surface area contributed by atoms with Crippen LogP contribution in [0.3, 0.4) is 0 Å². The number of imidazole rings is 1. The normalized spacial score (nSPS) is 12.0. The average molecular weight is 464 g/mol. The second-order valence-electron chi connectivity index (χ2n) is 7.35. The first-order valence-electron chi connectivity index (χ1n) is 10.2. The Balaban J connectivity index is 1.42. The van der Waals surface area contributed by atoms with E-state index in [1.54, 1.807) is 60.1 Å². The van der Waals surface area contributed by atoms with Crippen molar-refractivity contribution in [2.24, 2.45) is 0 Å². The molecule has 0 amide bonds. The molecule has 5 aromatic rings. The molecule has 0 unspecified atom stereocenters. The maximum atomic E-state index is 13.3. The molecule has 8 heteroatoms. The van der Waals surface area contributed by atoms with Gasteiger partial charge in [-0.1, -0.05) is 48.5 Å². The number of hydrogen-bond acceptors (Lipinski definition) is 5. The van der Waals surface area contributed by atoms with E-state index >= 15 is 0 Å². The molecule has 0 radical (unpaired) electrons. The first kappa shape index (κ1) is 20.7. The third-order valence-electron chi connectivity index (χ3n) is 5.26. The zero-order valence-electron chi connectivity index (χ0n) is 17.2. The van der Waals surface area contributed by atoms with Crippen LogP contribution in [0.1, 0.15) is 11.5 Å². The molecule has 162 valence electrons. The molecule has 6 nitrogen and oxygen atoms in total. The van der Waals surface area contributed by atoms with Crippen LogP contribution in [0.5, 0.6) is 0 Å². The van der Waals surface area contributed by atoms with Crippen molar-refractivity contribution in [3.05, 3.63) is 102 Å². The number of sulfonamides is 1. The zero-order chi connectivity index (χ0) is 22.0. The lowest BCUT2D eigenvalue weighted by Crippen LogP contribution is -2.32. The van der Waals surface area contributed by atoms with Crippen molar-refractivity contribution in [3.63, 3.8) is 0 Å². The number of nitrogens with zero attached hydrogens (tertiary/aromatic N) is 3. The van der Waals surface area contributed by atoms with Gasteiger partial charge in [0.2, 0.25) is 10.0 Å². The van der Waals surface area contributed by atoms with E-state index in [2.05, 4.69) is 0 Å². The predicted molar refractivity (Wildman–Crippen MR) is 125 cm³/mol. The summed E-state index contributed by atoms with van der Waals surface area (Å²) in [6.07, 6.45) is 4.12. The first-order valence-corrected chi connectivity index (χ1v) is 12.5. The van der Waals surface area contributed by atoms with E-state index in [-0.39, 0.29) is 11.4 Å². The largest absolute Gasteiger partial charge is 0.468 e. The molecule has 5 rings (SSSR count). The Bertz CT molecular complexity index is 1410. The maximum Gasteiger partial charge on any atom is 0.243 e. The van der Waals surface area contributed by atoms with Gasteiger partial charge in [-0.2, -0.15) is 4.31 Å². The minimum absolute atomic E-state index is 0.177. The molecule has 3 aromatic heterocycles. The summed E-state index contributed by atoms with van der Waals surface area (Å²) in [7, 11) is -3.67. The van der Waals surface area contributed by atoms with Gasteiger partial charge in [-0.15, -0.1) is 11.3 Å². The van der Waals surface area contributed by atoms with Crippen LogP contribution in [0.25, 0.3) is 16.2 Å². The summed E-state index contributed by atoms with van der Waals surface area (Å²) in [5, 5.41) is 2.04. The van der Waals surface area contributed by atoms with Gasteiger partial charge in [0.05, 0.1) is 23.4 Å². The van der Waals surface area contributed by atoms with Crippen LogP contribution < -0.4 is 0 Å². The van der Waals surface area contributed by atoms with Gasteiger partial charge in [-0.3, -0.25) is 4.40 Å². The molecule has 0 aliphatic heterocycles. The Kier molecular flexibility index (Phi) is 5.65. The van der Waals surface area contributed by atoms with Gasteiger partial charge in [0.15, 0.2) is 4.96 Å². The summed E-state index contributed by atoms with van der Waals surface area (Å²) in [5.74, 6) is 0.606. The topological polar surface area (TPSA) is 67.8 Å². The molecular formula is C24H21N3O3S2. The summed E-state index contributed by atoms with van der Waals surface area (Å²) < 4.78 is 35.6. The van der Waals surface area contributed by atoms with E-state index < -0.39 is 10.0 Å². The van der Waals surface area contributed by atoms with Crippen LogP contribution in [0.4, 0.5) is 0 Å². The number of hydrogen-bond donors (Lipinski definition) is 0. The van der Waals surface area contributed by atoms with Gasteiger partial charge in [-0.25, -0.2) is 13.4 Å². The molecule has 0 aliphatic carbocycles. The van der Waals surface area contributed by atoms with E-state index in [1.807, 2.05) is 46.3 Å². The van der Waals surface area contributed by atoms with Crippen molar-refractivity contribution in [2.75, 3.05) is 6.54 Å². The number of aromatic nitrogens is 2. The fraction of sp³-hybridized carbons (Fsp3) is 0.125. The SMILES string of the molecule is O=S(=O)(c1ccccc1)N(CCc1csc2nc(-c3ccccc3)cn12)Cc1ccco1. The minimum Gasteiger partial charge on any atom is -0.468 e. The summed E-state index contributed by atoms with van der Waals surface area (Å²) in [4.78, 5) is 5.89. The lowest BCUT2D eigenvalue weighted by Gasteiger charge is -2.21. The van der Waals surface area contributed by atoms with E-state index in [1.165, 1.54) is 4.31 Å². The number of fused-ring (bicyclic) bond motifs is 1. The highest BCUT2D eigenvalue weighted by Gasteiger charge is 2.25. The Morgan fingerprint density at radius 1 is 0.969 bits per heavy atom. The molecule has 32 heavy (non-hydrogen) atoms. The Morgan fingerprint density at radius 2 is 1.72 bits per heavy atom. The predicted octanol–water partition coefficient (Wildman–Crippen LogP) is 5.09. The second kappa shape index (κ2) is 8.74. The van der Waals surface area contributed by atoms with Crippen LogP contribution in [-0.4, -0.2) is 28.7 Å². The third kappa shape index (κ3) is 4.12. The molecule has 0 aliphatic rings. The summed E-state index contributed by atoms with van der Waals surface area (Å²) in [6, 6.07) is 22.1. The lowest BCUT2D eigenvalue weighted by molar-refractivity contribution is 0.365. The summed E-state index contributed by atoms with van der Waals surface area (Å²) in [5.41, 5.74) is 2.98. The zero-order valence-corrected chi connectivity index (χ0v) is 18.8. The molecule has 3 heterocycles. The molecule has 0 bridgehead atoms. The van der Waals surface area contributed by atoms with Crippen LogP contribution in [0, 0.1) is 0 Å². The van der Waals surface area contributed by atoms with Crippen molar-refractivity contribution < 1.29 is 12.8 Å². The maximum absolute atomic E-state index is 13.3. The Labute approximate surface area is 190 Å². The van der Waals surface area contributed by atoms with Crippen LogP contribution in [-0.2, 0) is 23.0 Å². The third-order valence-corrected chi connectivity index (χ3v) is 8.01. The van der Waals surface area contributed by atoms with Gasteiger partial charge in [0.25, 0.3) is 0 Å². The lowest BCUT2D eigenvalue weighted by atomic mass is 10.2. The molecule has 0 fully saturated rings. The Hall–Kier alpha value is -3.20. The molecule has 0 spiro atoms. The molecule has 0 N–H and O–H groups in total. The van der Waals surface area contributed by atoms with Crippen LogP contribution >= 0.6 is 11.3 Å². The van der Waals surface area contributed by atoms with Gasteiger partial charge in [0.1, 0.15) is 5.76 Å². The van der Waals surface area contributed by atoms with Crippen molar-refractivity contribution in [1.29, 1.82) is 0 Å². The van der Waals surface area contributed by atoms with Crippen molar-refractivity contribution in [2.45, 2.75) is 17.9 Å². The van der Waals surface area contributed by atoms with E-state index in [9.17, 15) is 8.42 Å². The van der Waals surface area contributed by atoms with Crippen molar-refractivity contribution in [1.82, 2.24) is 13.7 Å². The smallest absolute Gasteiger partial charge is 0.243 e. The summed E-state index contributed by atoms with van der Waals surface area (Å²) >= 11 is 1.56. The Morgan fingerprint density at radius 3 is 2.44 bits per heavy atom.